The van der Waals surface area contributed by atoms with Crippen LogP contribution in [0.25, 0.3) is 0 Å². The van der Waals surface area contributed by atoms with Gasteiger partial charge in [0.1, 0.15) is 0 Å². The Balaban J connectivity index is 1.84. The van der Waals surface area contributed by atoms with Crippen molar-refractivity contribution in [1.29, 1.82) is 0 Å². The van der Waals surface area contributed by atoms with E-state index in [-0.39, 0.29) is 11.9 Å². The van der Waals surface area contributed by atoms with Crippen LogP contribution in [0, 0.1) is 6.92 Å². The number of hydrogen-bond acceptors (Lipinski definition) is 4. The molecule has 1 aromatic rings. The maximum absolute atomic E-state index is 12.1. The van der Waals surface area contributed by atoms with Crippen molar-refractivity contribution in [3.05, 3.63) is 15.8 Å². The Morgan fingerprint density at radius 1 is 1.47 bits per heavy atom. The van der Waals surface area contributed by atoms with E-state index < -0.39 is 0 Å². The first kappa shape index (κ1) is 14.3. The average molecular weight is 281 g/mol. The molecule has 1 amide bonds. The number of anilines is 1. The zero-order chi connectivity index (χ0) is 13.8. The molecule has 1 atom stereocenters. The van der Waals surface area contributed by atoms with Gasteiger partial charge in [0.05, 0.1) is 4.88 Å². The molecule has 1 aliphatic heterocycles. The van der Waals surface area contributed by atoms with Crippen LogP contribution in [0.3, 0.4) is 0 Å². The third-order valence-corrected chi connectivity index (χ3v) is 4.60. The van der Waals surface area contributed by atoms with Crippen molar-refractivity contribution < 1.29 is 4.79 Å². The van der Waals surface area contributed by atoms with Gasteiger partial charge in [0, 0.05) is 23.2 Å². The number of carbonyl (C=O) groups excluding carboxylic acids is 1. The Morgan fingerprint density at radius 3 is 2.74 bits per heavy atom. The van der Waals surface area contributed by atoms with Crippen LogP contribution in [0.5, 0.6) is 0 Å². The molecule has 3 N–H and O–H groups in total. The zero-order valence-corrected chi connectivity index (χ0v) is 12.6. The number of nitrogens with one attached hydrogen (secondary N) is 1. The van der Waals surface area contributed by atoms with Crippen LogP contribution in [0.4, 0.5) is 5.69 Å². The fraction of sp³-hybridized carbons (Fsp3) is 0.643. The number of aryl methyl sites for hydroxylation is 1. The van der Waals surface area contributed by atoms with E-state index in [0.717, 1.165) is 24.5 Å². The molecular formula is C14H23N3OS. The van der Waals surface area contributed by atoms with E-state index in [0.29, 0.717) is 10.6 Å². The molecule has 1 aromatic heterocycles. The van der Waals surface area contributed by atoms with E-state index in [1.165, 1.54) is 30.6 Å². The lowest BCUT2D eigenvalue weighted by atomic mass is 10.1. The van der Waals surface area contributed by atoms with Crippen molar-refractivity contribution in [1.82, 2.24) is 10.2 Å². The normalized spacial score (nSPS) is 18.2. The van der Waals surface area contributed by atoms with Gasteiger partial charge in [0.2, 0.25) is 0 Å². The Morgan fingerprint density at radius 2 is 2.16 bits per heavy atom. The van der Waals surface area contributed by atoms with Gasteiger partial charge in [-0.25, -0.2) is 0 Å². The van der Waals surface area contributed by atoms with Crippen molar-refractivity contribution in [2.45, 2.75) is 39.2 Å². The van der Waals surface area contributed by atoms with E-state index in [4.69, 9.17) is 5.73 Å². The molecule has 0 aromatic carbocycles. The summed E-state index contributed by atoms with van der Waals surface area (Å²) in [4.78, 5) is 16.2. The second kappa shape index (κ2) is 6.39. The molecular weight excluding hydrogens is 258 g/mol. The summed E-state index contributed by atoms with van der Waals surface area (Å²) in [5.74, 6) is -0.00527. The largest absolute Gasteiger partial charge is 0.398 e. The van der Waals surface area contributed by atoms with Gasteiger partial charge in [-0.3, -0.25) is 4.79 Å². The van der Waals surface area contributed by atoms with Gasteiger partial charge < -0.3 is 16.0 Å². The van der Waals surface area contributed by atoms with Gasteiger partial charge in [0.25, 0.3) is 5.91 Å². The highest BCUT2D eigenvalue weighted by molar-refractivity contribution is 7.14. The molecule has 1 saturated heterocycles. The highest BCUT2D eigenvalue weighted by Gasteiger charge is 2.17. The Bertz CT molecular complexity index is 418. The van der Waals surface area contributed by atoms with Crippen LogP contribution in [0.1, 0.15) is 40.7 Å². The summed E-state index contributed by atoms with van der Waals surface area (Å²) >= 11 is 1.46. The maximum atomic E-state index is 12.1. The number of carbonyl (C=O) groups is 1. The molecule has 2 rings (SSSR count). The molecule has 0 spiro atoms. The summed E-state index contributed by atoms with van der Waals surface area (Å²) in [6.07, 6.45) is 3.90. The van der Waals surface area contributed by atoms with E-state index in [1.54, 1.807) is 6.07 Å². The van der Waals surface area contributed by atoms with Crippen molar-refractivity contribution in [2.75, 3.05) is 25.4 Å². The highest BCUT2D eigenvalue weighted by Crippen LogP contribution is 2.23. The molecule has 1 fully saturated rings. The third-order valence-electron chi connectivity index (χ3n) is 3.54. The van der Waals surface area contributed by atoms with Gasteiger partial charge in [-0.1, -0.05) is 6.42 Å². The summed E-state index contributed by atoms with van der Waals surface area (Å²) in [5.41, 5.74) is 6.49. The summed E-state index contributed by atoms with van der Waals surface area (Å²) in [7, 11) is 0. The first-order valence-electron chi connectivity index (χ1n) is 6.95. The minimum absolute atomic E-state index is 0.00527. The van der Waals surface area contributed by atoms with Crippen LogP contribution >= 0.6 is 11.3 Å². The Kier molecular flexibility index (Phi) is 4.82. The minimum atomic E-state index is -0.00527. The van der Waals surface area contributed by atoms with E-state index in [2.05, 4.69) is 17.1 Å². The average Bonchev–Trinajstić information content (AvgIpc) is 2.71. The van der Waals surface area contributed by atoms with Gasteiger partial charge in [0.15, 0.2) is 0 Å². The second-order valence-corrected chi connectivity index (χ2v) is 6.61. The van der Waals surface area contributed by atoms with E-state index in [1.807, 2.05) is 6.92 Å². The molecule has 0 aliphatic carbocycles. The second-order valence-electron chi connectivity index (χ2n) is 5.36. The number of nitrogens with zero attached hydrogens (tertiary/aromatic N) is 1. The molecule has 5 heteroatoms. The summed E-state index contributed by atoms with van der Waals surface area (Å²) in [6, 6.07) is 1.94. The fourth-order valence-corrected chi connectivity index (χ4v) is 3.32. The Hall–Kier alpha value is -1.07. The van der Waals surface area contributed by atoms with Crippen molar-refractivity contribution in [3.8, 4) is 0 Å². The number of nitrogen functional groups attached to an aromatic ring is 1. The molecule has 0 bridgehead atoms. The highest BCUT2D eigenvalue weighted by atomic mass is 32.1. The Labute approximate surface area is 119 Å². The van der Waals surface area contributed by atoms with Crippen molar-refractivity contribution in [2.24, 2.45) is 0 Å². The van der Waals surface area contributed by atoms with Gasteiger partial charge in [-0.15, -0.1) is 11.3 Å². The smallest absolute Gasteiger partial charge is 0.261 e. The van der Waals surface area contributed by atoms with Crippen LogP contribution in [0.15, 0.2) is 6.07 Å². The number of thiophene rings is 1. The molecule has 106 valence electrons. The first-order valence-corrected chi connectivity index (χ1v) is 7.77. The van der Waals surface area contributed by atoms with E-state index in [9.17, 15) is 4.79 Å². The molecule has 1 unspecified atom stereocenters. The van der Waals surface area contributed by atoms with Crippen LogP contribution in [-0.2, 0) is 0 Å². The van der Waals surface area contributed by atoms with Gasteiger partial charge >= 0.3 is 0 Å². The number of amides is 1. The molecule has 0 radical (unpaired) electrons. The molecule has 1 aliphatic rings. The predicted octanol–water partition coefficient (Wildman–Crippen LogP) is 2.24. The van der Waals surface area contributed by atoms with Crippen molar-refractivity contribution in [3.63, 3.8) is 0 Å². The number of nitrogens with two attached hydrogens (primary N) is 1. The van der Waals surface area contributed by atoms with E-state index >= 15 is 0 Å². The first-order chi connectivity index (χ1) is 9.06. The lowest BCUT2D eigenvalue weighted by Crippen LogP contribution is -2.43. The third kappa shape index (κ3) is 3.94. The van der Waals surface area contributed by atoms with Crippen molar-refractivity contribution >= 4 is 22.9 Å². The summed E-state index contributed by atoms with van der Waals surface area (Å²) in [6.45, 7) is 7.26. The topological polar surface area (TPSA) is 58.4 Å². The quantitative estimate of drug-likeness (QED) is 0.890. The molecule has 4 nitrogen and oxygen atoms in total. The number of rotatable bonds is 4. The molecule has 2 heterocycles. The SMILES string of the molecule is Cc1sc(C(=O)NC(C)CN2CCCCC2)cc1N. The zero-order valence-electron chi connectivity index (χ0n) is 11.7. The van der Waals surface area contributed by atoms with Crippen LogP contribution in [-0.4, -0.2) is 36.5 Å². The maximum Gasteiger partial charge on any atom is 0.261 e. The number of hydrogen-bond donors (Lipinski definition) is 2. The summed E-state index contributed by atoms with van der Waals surface area (Å²) < 4.78 is 0. The summed E-state index contributed by atoms with van der Waals surface area (Å²) in [5, 5.41) is 3.06. The number of likely N-dealkylation sites (tertiary alicyclic amines) is 1. The van der Waals surface area contributed by atoms with Crippen LogP contribution in [0.2, 0.25) is 0 Å². The fourth-order valence-electron chi connectivity index (χ4n) is 2.48. The lowest BCUT2D eigenvalue weighted by Gasteiger charge is -2.29. The van der Waals surface area contributed by atoms with Gasteiger partial charge in [-0.05, 0) is 45.8 Å². The number of piperidine rings is 1. The lowest BCUT2D eigenvalue weighted by molar-refractivity contribution is 0.0930. The minimum Gasteiger partial charge on any atom is -0.398 e. The predicted molar refractivity (Wildman–Crippen MR) is 80.7 cm³/mol. The van der Waals surface area contributed by atoms with Gasteiger partial charge in [-0.2, -0.15) is 0 Å². The molecule has 19 heavy (non-hydrogen) atoms. The standard InChI is InChI=1S/C14H23N3OS/c1-10(9-17-6-4-3-5-7-17)16-14(18)13-8-12(15)11(2)19-13/h8,10H,3-7,9,15H2,1-2H3,(H,16,18). The monoisotopic (exact) mass is 281 g/mol. The molecule has 0 saturated carbocycles. The van der Waals surface area contributed by atoms with Crippen LogP contribution < -0.4 is 11.1 Å².